The number of hydrogen-bond acceptors (Lipinski definition) is 1. The maximum absolute atomic E-state index is 6.57. The Labute approximate surface area is 223 Å². The van der Waals surface area contributed by atoms with Crippen LogP contribution in [0.5, 0.6) is 11.5 Å². The van der Waals surface area contributed by atoms with Crippen LogP contribution >= 0.6 is 0 Å². The number of benzene rings is 4. The highest BCUT2D eigenvalue weighted by Gasteiger charge is 2.36. The molecule has 0 aliphatic heterocycles. The second-order valence-electron chi connectivity index (χ2n) is 13.3. The predicted octanol–water partition coefficient (Wildman–Crippen LogP) is 10.4. The lowest BCUT2D eigenvalue weighted by Gasteiger charge is -2.26. The quantitative estimate of drug-likeness (QED) is 0.279. The van der Waals surface area contributed by atoms with E-state index in [1.165, 1.54) is 50.1 Å². The van der Waals surface area contributed by atoms with Crippen LogP contribution < -0.4 is 4.74 Å². The first-order chi connectivity index (χ1) is 17.2. The maximum atomic E-state index is 6.57. The summed E-state index contributed by atoms with van der Waals surface area (Å²) >= 11 is 0. The van der Waals surface area contributed by atoms with Crippen LogP contribution in [0.15, 0.2) is 78.9 Å². The summed E-state index contributed by atoms with van der Waals surface area (Å²) in [5.41, 5.74) is 11.7. The monoisotopic (exact) mass is 488 g/mol. The van der Waals surface area contributed by atoms with Gasteiger partial charge < -0.3 is 4.74 Å². The topological polar surface area (TPSA) is 9.23 Å². The lowest BCUT2D eigenvalue weighted by Crippen LogP contribution is -2.16. The fraction of sp³-hybridized carbons (Fsp3) is 0.333. The van der Waals surface area contributed by atoms with Gasteiger partial charge in [-0.25, -0.2) is 0 Å². The molecule has 37 heavy (non-hydrogen) atoms. The molecule has 0 N–H and O–H groups in total. The summed E-state index contributed by atoms with van der Waals surface area (Å²) in [5, 5.41) is 0. The minimum absolute atomic E-state index is 0.0517. The molecule has 1 aliphatic rings. The highest BCUT2D eigenvalue weighted by molar-refractivity contribution is 5.84. The fourth-order valence-corrected chi connectivity index (χ4v) is 5.37. The van der Waals surface area contributed by atoms with Crippen molar-refractivity contribution in [1.29, 1.82) is 0 Å². The van der Waals surface area contributed by atoms with Crippen LogP contribution in [0.2, 0.25) is 0 Å². The van der Waals surface area contributed by atoms with Crippen LogP contribution in [0, 0.1) is 6.92 Å². The standard InChI is InChI=1S/C36H40O/c1-23-10-12-24(13-11-23)25-14-16-30-31-17-15-28(22-33(31)36(8,9)32(30)18-25)37-29-20-26(34(2,3)4)19-27(21-29)35(5,6)7/h10-22H,1-9H3. The van der Waals surface area contributed by atoms with Crippen LogP contribution in [0.25, 0.3) is 22.3 Å². The van der Waals surface area contributed by atoms with Gasteiger partial charge in [-0.3, -0.25) is 0 Å². The lowest BCUT2D eigenvalue weighted by atomic mass is 9.80. The van der Waals surface area contributed by atoms with E-state index in [0.29, 0.717) is 0 Å². The van der Waals surface area contributed by atoms with Gasteiger partial charge in [-0.2, -0.15) is 0 Å². The summed E-state index contributed by atoms with van der Waals surface area (Å²) in [5.74, 6) is 1.80. The van der Waals surface area contributed by atoms with Gasteiger partial charge in [0.25, 0.3) is 0 Å². The Kier molecular flexibility index (Phi) is 5.90. The van der Waals surface area contributed by atoms with Gasteiger partial charge in [0, 0.05) is 5.41 Å². The first-order valence-electron chi connectivity index (χ1n) is 13.4. The van der Waals surface area contributed by atoms with E-state index >= 15 is 0 Å². The molecule has 190 valence electrons. The Morgan fingerprint density at radius 2 is 1.05 bits per heavy atom. The molecule has 0 heterocycles. The molecule has 0 atom stereocenters. The average molecular weight is 489 g/mol. The molecule has 1 aliphatic carbocycles. The number of ether oxygens (including phenoxy) is 1. The van der Waals surface area contributed by atoms with Crippen molar-refractivity contribution in [2.45, 2.75) is 78.6 Å². The Morgan fingerprint density at radius 3 is 1.62 bits per heavy atom. The zero-order chi connectivity index (χ0) is 26.8. The van der Waals surface area contributed by atoms with Gasteiger partial charge in [-0.05, 0) is 92.6 Å². The molecule has 0 aromatic heterocycles. The van der Waals surface area contributed by atoms with E-state index < -0.39 is 0 Å². The van der Waals surface area contributed by atoms with Crippen molar-refractivity contribution in [2.24, 2.45) is 0 Å². The first-order valence-corrected chi connectivity index (χ1v) is 13.4. The molecule has 0 radical (unpaired) electrons. The van der Waals surface area contributed by atoms with Crippen LogP contribution in [0.3, 0.4) is 0 Å². The largest absolute Gasteiger partial charge is 0.457 e. The summed E-state index contributed by atoms with van der Waals surface area (Å²) < 4.78 is 6.57. The van der Waals surface area contributed by atoms with E-state index in [-0.39, 0.29) is 16.2 Å². The van der Waals surface area contributed by atoms with E-state index in [2.05, 4.69) is 141 Å². The number of fused-ring (bicyclic) bond motifs is 3. The molecular weight excluding hydrogens is 448 g/mol. The van der Waals surface area contributed by atoms with E-state index in [1.807, 2.05) is 0 Å². The van der Waals surface area contributed by atoms with Crippen molar-refractivity contribution >= 4 is 0 Å². The summed E-state index contributed by atoms with van der Waals surface area (Å²) in [4.78, 5) is 0. The Balaban J connectivity index is 1.52. The molecular formula is C36H40O. The second-order valence-corrected chi connectivity index (χ2v) is 13.3. The van der Waals surface area contributed by atoms with E-state index in [9.17, 15) is 0 Å². The van der Waals surface area contributed by atoms with Crippen molar-refractivity contribution in [3.8, 4) is 33.8 Å². The van der Waals surface area contributed by atoms with Gasteiger partial charge in [-0.15, -0.1) is 0 Å². The molecule has 0 saturated carbocycles. The zero-order valence-electron chi connectivity index (χ0n) is 23.9. The molecule has 5 rings (SSSR count). The van der Waals surface area contributed by atoms with Crippen LogP contribution in [-0.4, -0.2) is 0 Å². The molecule has 0 fully saturated rings. The molecule has 0 saturated heterocycles. The summed E-state index contributed by atoms with van der Waals surface area (Å²) in [7, 11) is 0. The van der Waals surface area contributed by atoms with Crippen molar-refractivity contribution in [1.82, 2.24) is 0 Å². The molecule has 0 amide bonds. The molecule has 4 aromatic carbocycles. The van der Waals surface area contributed by atoms with Gasteiger partial charge >= 0.3 is 0 Å². The number of hydrogen-bond donors (Lipinski definition) is 0. The van der Waals surface area contributed by atoms with Crippen LogP contribution in [0.1, 0.15) is 83.2 Å². The number of aryl methyl sites for hydroxylation is 1. The highest BCUT2D eigenvalue weighted by atomic mass is 16.5. The maximum Gasteiger partial charge on any atom is 0.128 e. The van der Waals surface area contributed by atoms with Crippen LogP contribution in [-0.2, 0) is 16.2 Å². The van der Waals surface area contributed by atoms with Crippen LogP contribution in [0.4, 0.5) is 0 Å². The first kappa shape index (κ1) is 25.3. The molecule has 1 nitrogen and oxygen atoms in total. The van der Waals surface area contributed by atoms with Crippen molar-refractivity contribution < 1.29 is 4.74 Å². The van der Waals surface area contributed by atoms with Gasteiger partial charge in [0.2, 0.25) is 0 Å². The van der Waals surface area contributed by atoms with Crippen molar-refractivity contribution in [3.63, 3.8) is 0 Å². The van der Waals surface area contributed by atoms with Crippen molar-refractivity contribution in [2.75, 3.05) is 0 Å². The number of rotatable bonds is 3. The van der Waals surface area contributed by atoms with E-state index in [0.717, 1.165) is 11.5 Å². The smallest absolute Gasteiger partial charge is 0.128 e. The van der Waals surface area contributed by atoms with E-state index in [1.54, 1.807) is 0 Å². The normalized spacial score (nSPS) is 14.3. The minimum atomic E-state index is -0.103. The average Bonchev–Trinajstić information content (AvgIpc) is 3.04. The third-order valence-electron chi connectivity index (χ3n) is 7.91. The SMILES string of the molecule is Cc1ccc(-c2ccc3c(c2)C(C)(C)c2cc(Oc4cc(C(C)(C)C)cc(C(C)(C)C)c4)ccc2-3)cc1. The molecule has 1 heteroatoms. The third kappa shape index (κ3) is 4.73. The van der Waals surface area contributed by atoms with E-state index in [4.69, 9.17) is 4.74 Å². The highest BCUT2D eigenvalue weighted by Crippen LogP contribution is 2.51. The summed E-state index contributed by atoms with van der Waals surface area (Å²) in [6.45, 7) is 20.4. The van der Waals surface area contributed by atoms with Gasteiger partial charge in [0.1, 0.15) is 11.5 Å². The summed E-state index contributed by atoms with van der Waals surface area (Å²) in [6.07, 6.45) is 0. The van der Waals surface area contributed by atoms with Gasteiger partial charge in [0.05, 0.1) is 0 Å². The fourth-order valence-electron chi connectivity index (χ4n) is 5.37. The van der Waals surface area contributed by atoms with Gasteiger partial charge in [-0.1, -0.05) is 109 Å². The van der Waals surface area contributed by atoms with Gasteiger partial charge in [0.15, 0.2) is 0 Å². The predicted molar refractivity (Wildman–Crippen MR) is 158 cm³/mol. The minimum Gasteiger partial charge on any atom is -0.457 e. The van der Waals surface area contributed by atoms with Crippen molar-refractivity contribution in [3.05, 3.63) is 107 Å². The zero-order valence-corrected chi connectivity index (χ0v) is 23.9. The Hall–Kier alpha value is -3.32. The Morgan fingerprint density at radius 1 is 0.541 bits per heavy atom. The molecule has 0 unspecified atom stereocenters. The Bertz CT molecular complexity index is 1440. The molecule has 4 aromatic rings. The molecule has 0 bridgehead atoms. The third-order valence-corrected chi connectivity index (χ3v) is 7.91. The summed E-state index contributed by atoms with van der Waals surface area (Å²) in [6, 6.07) is 29.1. The lowest BCUT2D eigenvalue weighted by molar-refractivity contribution is 0.471. The molecule has 0 spiro atoms. The second kappa shape index (κ2) is 8.62.